The van der Waals surface area contributed by atoms with Crippen LogP contribution in [0.2, 0.25) is 0 Å². The van der Waals surface area contributed by atoms with Crippen LogP contribution in [0.5, 0.6) is 0 Å². The zero-order valence-electron chi connectivity index (χ0n) is 7.90. The fourth-order valence-electron chi connectivity index (χ4n) is 1.58. The van der Waals surface area contributed by atoms with E-state index < -0.39 is 5.97 Å². The Morgan fingerprint density at radius 1 is 1.27 bits per heavy atom. The largest absolute Gasteiger partial charge is 0.481 e. The monoisotopic (exact) mass is 312 g/mol. The van der Waals surface area contributed by atoms with Crippen molar-refractivity contribution in [2.45, 2.75) is 6.42 Å². The van der Waals surface area contributed by atoms with Gasteiger partial charge in [0.25, 0.3) is 0 Å². The van der Waals surface area contributed by atoms with Crippen molar-refractivity contribution in [3.63, 3.8) is 0 Å². The second kappa shape index (κ2) is 4.18. The fraction of sp³-hybridized carbons (Fsp3) is 0.0833. The number of rotatable bonds is 2. The quantitative estimate of drug-likeness (QED) is 0.865. The molecule has 0 radical (unpaired) electrons. The maximum Gasteiger partial charge on any atom is 0.307 e. The van der Waals surface area contributed by atoms with E-state index in [0.717, 1.165) is 10.9 Å². The Labute approximate surface area is 101 Å². The van der Waals surface area contributed by atoms with Crippen molar-refractivity contribution in [3.8, 4) is 0 Å². The molecule has 0 bridgehead atoms. The topological polar surface area (TPSA) is 37.3 Å². The molecule has 0 amide bonds. The molecule has 15 heavy (non-hydrogen) atoms. The second-order valence-corrected chi connectivity index (χ2v) is 4.53. The lowest BCUT2D eigenvalue weighted by Gasteiger charge is -2.02. The van der Waals surface area contributed by atoms with E-state index >= 15 is 0 Å². The number of hydrogen-bond donors (Lipinski definition) is 1. The van der Waals surface area contributed by atoms with E-state index in [1.165, 1.54) is 8.96 Å². The first-order valence-electron chi connectivity index (χ1n) is 4.56. The second-order valence-electron chi connectivity index (χ2n) is 3.37. The van der Waals surface area contributed by atoms with Gasteiger partial charge in [-0.1, -0.05) is 30.3 Å². The Balaban J connectivity index is 2.52. The van der Waals surface area contributed by atoms with Crippen LogP contribution in [-0.2, 0) is 11.2 Å². The molecule has 2 aromatic carbocycles. The number of halogens is 1. The average molecular weight is 312 g/mol. The Bertz CT molecular complexity index is 520. The lowest BCUT2D eigenvalue weighted by Crippen LogP contribution is -1.99. The zero-order chi connectivity index (χ0) is 10.8. The van der Waals surface area contributed by atoms with Crippen LogP contribution in [0.4, 0.5) is 0 Å². The number of carbonyl (C=O) groups is 1. The van der Waals surface area contributed by atoms with Gasteiger partial charge in [-0.15, -0.1) is 0 Å². The van der Waals surface area contributed by atoms with E-state index in [2.05, 4.69) is 22.6 Å². The first-order chi connectivity index (χ1) is 7.16. The van der Waals surface area contributed by atoms with Gasteiger partial charge in [-0.05, 0) is 45.0 Å². The Hall–Kier alpha value is -1.10. The standard InChI is InChI=1S/C12H9IO2/c13-11-3-1-2-9-6-8(7-12(14)15)4-5-10(9)11/h1-6H,7H2,(H,14,15). The van der Waals surface area contributed by atoms with Crippen LogP contribution in [0.25, 0.3) is 10.8 Å². The van der Waals surface area contributed by atoms with Gasteiger partial charge >= 0.3 is 5.97 Å². The van der Waals surface area contributed by atoms with Crippen LogP contribution in [0.1, 0.15) is 5.56 Å². The summed E-state index contributed by atoms with van der Waals surface area (Å²) in [6.07, 6.45) is 0.0847. The van der Waals surface area contributed by atoms with Crippen molar-refractivity contribution in [1.82, 2.24) is 0 Å². The third-order valence-electron chi connectivity index (χ3n) is 2.25. The summed E-state index contributed by atoms with van der Waals surface area (Å²) in [6, 6.07) is 11.8. The van der Waals surface area contributed by atoms with Crippen LogP contribution >= 0.6 is 22.6 Å². The molecule has 76 valence electrons. The lowest BCUT2D eigenvalue weighted by molar-refractivity contribution is -0.136. The highest BCUT2D eigenvalue weighted by Gasteiger charge is 2.02. The van der Waals surface area contributed by atoms with Gasteiger partial charge in [0.1, 0.15) is 0 Å². The fourth-order valence-corrected chi connectivity index (χ4v) is 2.28. The molecule has 1 N–H and O–H groups in total. The summed E-state index contributed by atoms with van der Waals surface area (Å²) >= 11 is 2.28. The predicted octanol–water partition coefficient (Wildman–Crippen LogP) is 3.07. The molecule has 0 aliphatic rings. The van der Waals surface area contributed by atoms with E-state index in [1.807, 2.05) is 36.4 Å². The van der Waals surface area contributed by atoms with Crippen molar-refractivity contribution >= 4 is 39.3 Å². The molecule has 0 atom stereocenters. The Kier molecular flexibility index (Phi) is 2.90. The first-order valence-corrected chi connectivity index (χ1v) is 5.63. The van der Waals surface area contributed by atoms with Gasteiger partial charge in [-0.2, -0.15) is 0 Å². The summed E-state index contributed by atoms with van der Waals surface area (Å²) < 4.78 is 1.19. The number of fused-ring (bicyclic) bond motifs is 1. The molecule has 2 aromatic rings. The number of hydrogen-bond acceptors (Lipinski definition) is 1. The summed E-state index contributed by atoms with van der Waals surface area (Å²) in [4.78, 5) is 10.6. The molecule has 0 saturated heterocycles. The highest BCUT2D eigenvalue weighted by Crippen LogP contribution is 2.21. The molecule has 0 spiro atoms. The van der Waals surface area contributed by atoms with Gasteiger partial charge in [0.05, 0.1) is 6.42 Å². The number of benzene rings is 2. The van der Waals surface area contributed by atoms with E-state index in [9.17, 15) is 4.79 Å². The van der Waals surface area contributed by atoms with Crippen molar-refractivity contribution < 1.29 is 9.90 Å². The highest BCUT2D eigenvalue weighted by molar-refractivity contribution is 14.1. The van der Waals surface area contributed by atoms with E-state index in [0.29, 0.717) is 0 Å². The predicted molar refractivity (Wildman–Crippen MR) is 68.0 cm³/mol. The van der Waals surface area contributed by atoms with Crippen LogP contribution in [0.3, 0.4) is 0 Å². The van der Waals surface area contributed by atoms with Crippen LogP contribution in [-0.4, -0.2) is 11.1 Å². The van der Waals surface area contributed by atoms with Gasteiger partial charge in [0, 0.05) is 3.57 Å². The SMILES string of the molecule is O=C(O)Cc1ccc2c(I)cccc2c1. The molecule has 0 aromatic heterocycles. The Morgan fingerprint density at radius 3 is 2.80 bits per heavy atom. The third-order valence-corrected chi connectivity index (χ3v) is 3.19. The maximum atomic E-state index is 10.6. The van der Waals surface area contributed by atoms with Crippen molar-refractivity contribution in [2.24, 2.45) is 0 Å². The molecule has 0 aliphatic heterocycles. The zero-order valence-corrected chi connectivity index (χ0v) is 10.1. The van der Waals surface area contributed by atoms with Gasteiger partial charge in [0.15, 0.2) is 0 Å². The van der Waals surface area contributed by atoms with E-state index in [-0.39, 0.29) is 6.42 Å². The molecule has 0 unspecified atom stereocenters. The first kappa shape index (κ1) is 10.4. The van der Waals surface area contributed by atoms with Gasteiger partial charge in [-0.3, -0.25) is 4.79 Å². The van der Waals surface area contributed by atoms with Crippen LogP contribution < -0.4 is 0 Å². The number of aliphatic carboxylic acids is 1. The van der Waals surface area contributed by atoms with Crippen molar-refractivity contribution in [3.05, 3.63) is 45.5 Å². The van der Waals surface area contributed by atoms with E-state index in [1.54, 1.807) is 0 Å². The highest BCUT2D eigenvalue weighted by atomic mass is 127. The molecule has 0 aliphatic carbocycles. The molecule has 0 fully saturated rings. The van der Waals surface area contributed by atoms with Gasteiger partial charge in [-0.25, -0.2) is 0 Å². The molecular weight excluding hydrogens is 303 g/mol. The number of carboxylic acid groups (broad SMARTS) is 1. The summed E-state index contributed by atoms with van der Waals surface area (Å²) in [6.45, 7) is 0. The maximum absolute atomic E-state index is 10.6. The summed E-state index contributed by atoms with van der Waals surface area (Å²) in [5, 5.41) is 11.0. The van der Waals surface area contributed by atoms with Crippen LogP contribution in [0.15, 0.2) is 36.4 Å². The Morgan fingerprint density at radius 2 is 2.07 bits per heavy atom. The molecule has 0 saturated carbocycles. The molecule has 3 heteroatoms. The van der Waals surface area contributed by atoms with Gasteiger partial charge in [0.2, 0.25) is 0 Å². The molecular formula is C12H9IO2. The third kappa shape index (κ3) is 2.28. The minimum absolute atomic E-state index is 0.0847. The number of carboxylic acids is 1. The summed E-state index contributed by atoms with van der Waals surface area (Å²) in [5.41, 5.74) is 0.844. The van der Waals surface area contributed by atoms with Crippen molar-refractivity contribution in [2.75, 3.05) is 0 Å². The summed E-state index contributed by atoms with van der Waals surface area (Å²) in [5.74, 6) is -0.792. The lowest BCUT2D eigenvalue weighted by atomic mass is 10.1. The normalized spacial score (nSPS) is 10.5. The molecule has 2 nitrogen and oxygen atoms in total. The average Bonchev–Trinajstić information content (AvgIpc) is 2.17. The van der Waals surface area contributed by atoms with Crippen molar-refractivity contribution in [1.29, 1.82) is 0 Å². The van der Waals surface area contributed by atoms with E-state index in [4.69, 9.17) is 5.11 Å². The molecule has 2 rings (SSSR count). The van der Waals surface area contributed by atoms with Gasteiger partial charge < -0.3 is 5.11 Å². The molecule has 0 heterocycles. The minimum Gasteiger partial charge on any atom is -0.481 e. The minimum atomic E-state index is -0.792. The van der Waals surface area contributed by atoms with Crippen LogP contribution in [0, 0.1) is 3.57 Å². The summed E-state index contributed by atoms with van der Waals surface area (Å²) in [7, 11) is 0. The smallest absolute Gasteiger partial charge is 0.307 e.